The van der Waals surface area contributed by atoms with Crippen LogP contribution in [0.4, 0.5) is 0 Å². The van der Waals surface area contributed by atoms with E-state index in [1.54, 1.807) is 24.3 Å². The molecule has 0 saturated carbocycles. The number of carbonyl (C=O) groups is 2. The van der Waals surface area contributed by atoms with E-state index in [9.17, 15) is 19.8 Å². The summed E-state index contributed by atoms with van der Waals surface area (Å²) in [5.41, 5.74) is 1.47. The second kappa shape index (κ2) is 11.2. The minimum Gasteiger partial charge on any atom is -0.479 e. The quantitative estimate of drug-likeness (QED) is 0.362. The van der Waals surface area contributed by atoms with Crippen molar-refractivity contribution in [2.45, 2.75) is 38.3 Å². The highest BCUT2D eigenvalue weighted by Crippen LogP contribution is 2.28. The van der Waals surface area contributed by atoms with Crippen LogP contribution in [0.25, 0.3) is 10.8 Å². The van der Waals surface area contributed by atoms with Crippen molar-refractivity contribution in [3.63, 3.8) is 0 Å². The highest BCUT2D eigenvalue weighted by atomic mass is 16.6. The molecule has 0 aliphatic heterocycles. The molecule has 6 nitrogen and oxygen atoms in total. The maximum Gasteiger partial charge on any atom is 0.338 e. The Kier molecular flexibility index (Phi) is 8.14. The van der Waals surface area contributed by atoms with E-state index in [0.29, 0.717) is 6.42 Å². The van der Waals surface area contributed by atoms with Crippen molar-refractivity contribution in [3.8, 4) is 0 Å². The fraction of sp³-hybridized carbons (Fsp3) is 0.231. The van der Waals surface area contributed by atoms with E-state index < -0.39 is 30.3 Å². The third kappa shape index (κ3) is 6.03. The minimum atomic E-state index is -1.97. The number of allylic oxidation sites excluding steroid dienone is 1. The number of hydrogen-bond acceptors (Lipinski definition) is 5. The molecule has 3 aromatic carbocycles. The molecule has 0 radical (unpaired) electrons. The summed E-state index contributed by atoms with van der Waals surface area (Å²) < 4.78 is 10.9. The van der Waals surface area contributed by atoms with Crippen LogP contribution >= 0.6 is 0 Å². The van der Waals surface area contributed by atoms with Gasteiger partial charge in [0.2, 0.25) is 0 Å². The highest BCUT2D eigenvalue weighted by molar-refractivity contribution is 5.85. The third-order valence-electron chi connectivity index (χ3n) is 5.04. The van der Waals surface area contributed by atoms with Crippen molar-refractivity contribution >= 4 is 22.7 Å². The lowest BCUT2D eigenvalue weighted by Crippen LogP contribution is -2.43. The summed E-state index contributed by atoms with van der Waals surface area (Å²) in [4.78, 5) is 24.2. The van der Waals surface area contributed by atoms with Gasteiger partial charge in [0.1, 0.15) is 6.61 Å². The van der Waals surface area contributed by atoms with Crippen molar-refractivity contribution in [3.05, 3.63) is 96.1 Å². The summed E-state index contributed by atoms with van der Waals surface area (Å²) in [7, 11) is 0. The Morgan fingerprint density at radius 2 is 1.66 bits per heavy atom. The van der Waals surface area contributed by atoms with Crippen LogP contribution in [-0.4, -0.2) is 34.4 Å². The molecule has 0 aliphatic rings. The standard InChI is InChI=1S/C26H26O6/c1-2-3-13-22(21-15-14-19-11-7-8-12-20(19)16-21)32-24(25(28)29)23(27)26(30)31-17-18-9-5-4-6-10-18/h2-12,14-16,22-24,27H,13,17H2,1H3,(H,28,29)/t22?,23-,24-/m1/s1. The van der Waals surface area contributed by atoms with Gasteiger partial charge in [-0.2, -0.15) is 0 Å². The van der Waals surface area contributed by atoms with Crippen molar-refractivity contribution in [2.24, 2.45) is 0 Å². The summed E-state index contributed by atoms with van der Waals surface area (Å²) in [6.45, 7) is 1.78. The minimum absolute atomic E-state index is 0.0737. The van der Waals surface area contributed by atoms with Gasteiger partial charge in [0, 0.05) is 0 Å². The molecule has 0 saturated heterocycles. The van der Waals surface area contributed by atoms with Crippen LogP contribution in [0.1, 0.15) is 30.6 Å². The molecule has 1 unspecified atom stereocenters. The van der Waals surface area contributed by atoms with Crippen molar-refractivity contribution < 1.29 is 29.3 Å². The van der Waals surface area contributed by atoms with Gasteiger partial charge in [0.15, 0.2) is 12.2 Å². The van der Waals surface area contributed by atoms with E-state index in [0.717, 1.165) is 21.9 Å². The van der Waals surface area contributed by atoms with Crippen LogP contribution in [0, 0.1) is 0 Å². The second-order valence-electron chi connectivity index (χ2n) is 7.33. The maximum atomic E-state index is 12.3. The number of carboxylic acid groups (broad SMARTS) is 1. The first-order valence-electron chi connectivity index (χ1n) is 10.4. The van der Waals surface area contributed by atoms with Gasteiger partial charge in [-0.1, -0.05) is 78.9 Å². The number of fused-ring (bicyclic) bond motifs is 1. The molecule has 2 N–H and O–H groups in total. The van der Waals surface area contributed by atoms with Gasteiger partial charge >= 0.3 is 11.9 Å². The van der Waals surface area contributed by atoms with E-state index >= 15 is 0 Å². The van der Waals surface area contributed by atoms with E-state index in [2.05, 4.69) is 0 Å². The number of hydrogen-bond donors (Lipinski definition) is 2. The molecule has 6 heteroatoms. The number of aliphatic hydroxyl groups excluding tert-OH is 1. The first-order chi connectivity index (χ1) is 15.5. The zero-order chi connectivity index (χ0) is 22.9. The lowest BCUT2D eigenvalue weighted by molar-refractivity contribution is -0.180. The molecule has 3 atom stereocenters. The van der Waals surface area contributed by atoms with Gasteiger partial charge in [-0.05, 0) is 41.3 Å². The van der Waals surface area contributed by atoms with E-state index in [-0.39, 0.29) is 6.61 Å². The average molecular weight is 434 g/mol. The largest absolute Gasteiger partial charge is 0.479 e. The van der Waals surface area contributed by atoms with Crippen LogP contribution < -0.4 is 0 Å². The van der Waals surface area contributed by atoms with Crippen LogP contribution in [0.3, 0.4) is 0 Å². The number of aliphatic hydroxyl groups is 1. The molecular weight excluding hydrogens is 408 g/mol. The molecule has 3 aromatic rings. The normalized spacial score (nSPS) is 14.2. The number of carbonyl (C=O) groups excluding carboxylic acids is 1. The fourth-order valence-corrected chi connectivity index (χ4v) is 3.32. The van der Waals surface area contributed by atoms with E-state index in [4.69, 9.17) is 9.47 Å². The van der Waals surface area contributed by atoms with Crippen LogP contribution in [0.15, 0.2) is 84.9 Å². The summed E-state index contributed by atoms with van der Waals surface area (Å²) in [6, 6.07) is 22.4. The monoisotopic (exact) mass is 434 g/mol. The molecule has 0 spiro atoms. The molecule has 3 rings (SSSR count). The van der Waals surface area contributed by atoms with E-state index in [1.165, 1.54) is 0 Å². The number of aliphatic carboxylic acids is 1. The van der Waals surface area contributed by atoms with Gasteiger partial charge < -0.3 is 19.7 Å². The number of rotatable bonds is 10. The number of esters is 1. The number of carboxylic acids is 1. The fourth-order valence-electron chi connectivity index (χ4n) is 3.32. The predicted octanol–water partition coefficient (Wildman–Crippen LogP) is 4.42. The zero-order valence-corrected chi connectivity index (χ0v) is 17.8. The lowest BCUT2D eigenvalue weighted by atomic mass is 10.0. The first kappa shape index (κ1) is 23.2. The van der Waals surface area contributed by atoms with E-state index in [1.807, 2.05) is 67.6 Å². The predicted molar refractivity (Wildman–Crippen MR) is 121 cm³/mol. The van der Waals surface area contributed by atoms with Crippen molar-refractivity contribution in [2.75, 3.05) is 0 Å². The highest BCUT2D eigenvalue weighted by Gasteiger charge is 2.36. The molecular formula is C26H26O6. The van der Waals surface area contributed by atoms with Crippen LogP contribution in [0.2, 0.25) is 0 Å². The molecule has 0 bridgehead atoms. The molecule has 0 fully saturated rings. The second-order valence-corrected chi connectivity index (χ2v) is 7.33. The Balaban J connectivity index is 1.77. The van der Waals surface area contributed by atoms with Crippen molar-refractivity contribution in [1.82, 2.24) is 0 Å². The van der Waals surface area contributed by atoms with Crippen LogP contribution in [0.5, 0.6) is 0 Å². The summed E-state index contributed by atoms with van der Waals surface area (Å²) in [6.07, 6.45) is -0.362. The summed E-state index contributed by atoms with van der Waals surface area (Å²) >= 11 is 0. The molecule has 0 heterocycles. The Morgan fingerprint density at radius 1 is 0.969 bits per heavy atom. The Labute approximate surface area is 186 Å². The van der Waals surface area contributed by atoms with Gasteiger partial charge in [0.25, 0.3) is 0 Å². The summed E-state index contributed by atoms with van der Waals surface area (Å²) in [5.74, 6) is -2.50. The smallest absolute Gasteiger partial charge is 0.338 e. The number of ether oxygens (including phenoxy) is 2. The molecule has 32 heavy (non-hydrogen) atoms. The molecule has 166 valence electrons. The lowest BCUT2D eigenvalue weighted by Gasteiger charge is -2.25. The molecule has 0 aliphatic carbocycles. The van der Waals surface area contributed by atoms with Crippen LogP contribution in [-0.2, 0) is 25.7 Å². The van der Waals surface area contributed by atoms with Gasteiger partial charge in [-0.15, -0.1) is 0 Å². The zero-order valence-electron chi connectivity index (χ0n) is 17.8. The van der Waals surface area contributed by atoms with Crippen molar-refractivity contribution in [1.29, 1.82) is 0 Å². The SMILES string of the molecule is CC=CCC(O[C@@H](C(=O)O)[C@@H](O)C(=O)OCc1ccccc1)c1ccc2ccccc2c1. The third-order valence-corrected chi connectivity index (χ3v) is 5.04. The summed E-state index contributed by atoms with van der Waals surface area (Å²) in [5, 5.41) is 22.1. The first-order valence-corrected chi connectivity index (χ1v) is 10.4. The van der Waals surface area contributed by atoms with Gasteiger partial charge in [0.05, 0.1) is 6.10 Å². The van der Waals surface area contributed by atoms with Gasteiger partial charge in [-0.3, -0.25) is 0 Å². The average Bonchev–Trinajstić information content (AvgIpc) is 2.82. The molecule has 0 amide bonds. The Morgan fingerprint density at radius 3 is 2.34 bits per heavy atom. The topological polar surface area (TPSA) is 93.1 Å². The Hall–Kier alpha value is -3.48. The molecule has 0 aromatic heterocycles. The maximum absolute atomic E-state index is 12.3. The van der Waals surface area contributed by atoms with Gasteiger partial charge in [-0.25, -0.2) is 9.59 Å². The number of benzene rings is 3. The Bertz CT molecular complexity index is 1080.